The molecule has 0 aliphatic heterocycles. The van der Waals surface area contributed by atoms with Crippen molar-refractivity contribution in [2.24, 2.45) is 0 Å². The van der Waals surface area contributed by atoms with Gasteiger partial charge in [0.15, 0.2) is 16.6 Å². The molecule has 0 atom stereocenters. The zero-order valence-electron chi connectivity index (χ0n) is 26.1. The molecule has 0 aliphatic rings. The minimum absolute atomic E-state index is 0.0881. The van der Waals surface area contributed by atoms with Gasteiger partial charge >= 0.3 is 0 Å². The summed E-state index contributed by atoms with van der Waals surface area (Å²) in [6.07, 6.45) is 2.26. The fourth-order valence-electron chi connectivity index (χ4n) is 4.85. The zero-order chi connectivity index (χ0) is 28.9. The third-order valence-corrected chi connectivity index (χ3v) is 17.6. The van der Waals surface area contributed by atoms with E-state index in [1.165, 1.54) is 0 Å². The molecule has 0 heterocycles. The van der Waals surface area contributed by atoms with E-state index in [1.807, 2.05) is 4.90 Å². The van der Waals surface area contributed by atoms with Crippen LogP contribution in [0.3, 0.4) is 0 Å². The number of methoxy groups -OCH3 is 2. The highest BCUT2D eigenvalue weighted by Crippen LogP contribution is 2.22. The molecule has 226 valence electrons. The van der Waals surface area contributed by atoms with Crippen LogP contribution in [-0.2, 0) is 27.9 Å². The number of rotatable bonds is 25. The van der Waals surface area contributed by atoms with Crippen LogP contribution in [-0.4, -0.2) is 105 Å². The van der Waals surface area contributed by atoms with E-state index in [9.17, 15) is 9.59 Å². The van der Waals surface area contributed by atoms with Crippen molar-refractivity contribution in [3.05, 3.63) is 0 Å². The van der Waals surface area contributed by atoms with E-state index in [-0.39, 0.29) is 11.8 Å². The Bertz CT molecular complexity index is 568. The molecule has 10 heteroatoms. The van der Waals surface area contributed by atoms with Crippen molar-refractivity contribution in [2.75, 3.05) is 66.8 Å². The van der Waals surface area contributed by atoms with Gasteiger partial charge in [0.25, 0.3) is 0 Å². The van der Waals surface area contributed by atoms with Crippen LogP contribution in [0.2, 0.25) is 36.3 Å². The van der Waals surface area contributed by atoms with Gasteiger partial charge in [0, 0.05) is 53.2 Å². The maximum atomic E-state index is 13.2. The number of ether oxygens (including phenoxy) is 2. The Morgan fingerprint density at radius 1 is 0.526 bits per heavy atom. The maximum absolute atomic E-state index is 13.2. The molecule has 8 nitrogen and oxygen atoms in total. The molecule has 0 saturated heterocycles. The molecule has 0 aliphatic carbocycles. The Morgan fingerprint density at radius 3 is 1.08 bits per heavy atom. The molecule has 0 fully saturated rings. The van der Waals surface area contributed by atoms with Crippen LogP contribution in [0.15, 0.2) is 0 Å². The number of carbonyl (C=O) groups is 2. The quantitative estimate of drug-likeness (QED) is 0.105. The summed E-state index contributed by atoms with van der Waals surface area (Å²) in [6.45, 7) is 17.9. The van der Waals surface area contributed by atoms with Gasteiger partial charge in [-0.05, 0) is 49.1 Å². The summed E-state index contributed by atoms with van der Waals surface area (Å²) in [6, 6.07) is 6.63. The lowest BCUT2D eigenvalue weighted by molar-refractivity contribution is -0.134. The highest BCUT2D eigenvalue weighted by Gasteiger charge is 2.30. The second-order valence-electron chi connectivity index (χ2n) is 10.1. The second-order valence-corrected chi connectivity index (χ2v) is 19.7. The molecule has 0 radical (unpaired) electrons. The van der Waals surface area contributed by atoms with Crippen LogP contribution in [0.1, 0.15) is 67.2 Å². The Morgan fingerprint density at radius 2 is 0.816 bits per heavy atom. The third kappa shape index (κ3) is 14.0. The lowest BCUT2D eigenvalue weighted by Crippen LogP contribution is -2.43. The molecule has 0 spiro atoms. The van der Waals surface area contributed by atoms with E-state index < -0.39 is 16.6 Å². The van der Waals surface area contributed by atoms with E-state index in [1.54, 1.807) is 19.1 Å². The summed E-state index contributed by atoms with van der Waals surface area (Å²) in [5.74, 6) is 0.221. The summed E-state index contributed by atoms with van der Waals surface area (Å²) in [4.78, 5) is 29.6. The molecule has 0 unspecified atom stereocenters. The highest BCUT2D eigenvalue weighted by molar-refractivity contribution is 6.73. The minimum atomic E-state index is -1.69. The lowest BCUT2D eigenvalue weighted by atomic mass is 10.1. The SMILES string of the molecule is CC[Si](CC)(CC)OCCN(CCO[Si](CC)(CC)CC)C(=O)CCCCC(=O)N(CCOC)CCOC. The van der Waals surface area contributed by atoms with Crippen molar-refractivity contribution in [3.63, 3.8) is 0 Å². The molecular weight excluding hydrogens is 516 g/mol. The average molecular weight is 577 g/mol. The van der Waals surface area contributed by atoms with Crippen molar-refractivity contribution in [2.45, 2.75) is 103 Å². The van der Waals surface area contributed by atoms with Crippen molar-refractivity contribution in [1.29, 1.82) is 0 Å². The lowest BCUT2D eigenvalue weighted by Gasteiger charge is -2.32. The number of carbonyl (C=O) groups excluding carboxylic acids is 2. The van der Waals surface area contributed by atoms with Gasteiger partial charge in [-0.25, -0.2) is 0 Å². The van der Waals surface area contributed by atoms with Crippen LogP contribution in [0.4, 0.5) is 0 Å². The van der Waals surface area contributed by atoms with Crippen molar-refractivity contribution >= 4 is 28.4 Å². The molecule has 38 heavy (non-hydrogen) atoms. The molecule has 0 aromatic carbocycles. The molecule has 2 amide bonds. The molecule has 0 N–H and O–H groups in total. The first-order chi connectivity index (χ1) is 18.3. The first-order valence-electron chi connectivity index (χ1n) is 15.1. The predicted octanol–water partition coefficient (Wildman–Crippen LogP) is 5.54. The van der Waals surface area contributed by atoms with Crippen molar-refractivity contribution in [3.8, 4) is 0 Å². The van der Waals surface area contributed by atoms with Gasteiger partial charge in [0.2, 0.25) is 11.8 Å². The smallest absolute Gasteiger partial charge is 0.222 e. The van der Waals surface area contributed by atoms with Crippen LogP contribution in [0, 0.1) is 0 Å². The number of unbranched alkanes of at least 4 members (excludes halogenated alkanes) is 1. The molecule has 0 rings (SSSR count). The fourth-order valence-corrected chi connectivity index (χ4v) is 10.1. The number of amides is 2. The predicted molar refractivity (Wildman–Crippen MR) is 162 cm³/mol. The van der Waals surface area contributed by atoms with Crippen molar-refractivity contribution < 1.29 is 27.9 Å². The average Bonchev–Trinajstić information content (AvgIpc) is 2.95. The second kappa shape index (κ2) is 22.0. The first-order valence-corrected chi connectivity index (χ1v) is 20.1. The van der Waals surface area contributed by atoms with E-state index in [0.29, 0.717) is 78.3 Å². The van der Waals surface area contributed by atoms with Gasteiger partial charge in [-0.1, -0.05) is 41.5 Å². The summed E-state index contributed by atoms with van der Waals surface area (Å²) in [5, 5.41) is 0. The van der Waals surface area contributed by atoms with Crippen molar-refractivity contribution in [1.82, 2.24) is 9.80 Å². The standard InChI is InChI=1S/C28H60N2O6Si2/c1-9-37(10-2,11-3)35-25-21-30(22-26-36-38(12-4,13-5)14-6)28(32)18-16-15-17-27(31)29(19-23-33-7)20-24-34-8/h9-26H2,1-8H3. The van der Waals surface area contributed by atoms with Crippen LogP contribution >= 0.6 is 0 Å². The fraction of sp³-hybridized carbons (Fsp3) is 0.929. The first kappa shape index (κ1) is 37.2. The Kier molecular flexibility index (Phi) is 21.5. The number of nitrogens with zero attached hydrogens (tertiary/aromatic N) is 2. The molecule has 0 bridgehead atoms. The molecule has 0 aromatic heterocycles. The van der Waals surface area contributed by atoms with Gasteiger partial charge in [-0.3, -0.25) is 9.59 Å². The largest absolute Gasteiger partial charge is 0.415 e. The molecule has 0 saturated carbocycles. The Balaban J connectivity index is 4.99. The van der Waals surface area contributed by atoms with Gasteiger partial charge in [-0.15, -0.1) is 0 Å². The van der Waals surface area contributed by atoms with Gasteiger partial charge in [0.1, 0.15) is 0 Å². The van der Waals surface area contributed by atoms with Gasteiger partial charge < -0.3 is 28.1 Å². The maximum Gasteiger partial charge on any atom is 0.222 e. The van der Waals surface area contributed by atoms with Crippen LogP contribution in [0.25, 0.3) is 0 Å². The Labute approximate surface area is 236 Å². The zero-order valence-corrected chi connectivity index (χ0v) is 28.1. The number of hydrogen-bond donors (Lipinski definition) is 0. The summed E-state index contributed by atoms with van der Waals surface area (Å²) in [7, 11) is -0.118. The summed E-state index contributed by atoms with van der Waals surface area (Å²) in [5.41, 5.74) is 0. The molecule has 0 aromatic rings. The van der Waals surface area contributed by atoms with Crippen LogP contribution in [0.5, 0.6) is 0 Å². The minimum Gasteiger partial charge on any atom is -0.415 e. The summed E-state index contributed by atoms with van der Waals surface area (Å²) >= 11 is 0. The number of hydrogen-bond acceptors (Lipinski definition) is 6. The van der Waals surface area contributed by atoms with E-state index in [0.717, 1.165) is 36.3 Å². The summed E-state index contributed by atoms with van der Waals surface area (Å²) < 4.78 is 23.2. The normalized spacial score (nSPS) is 12.1. The topological polar surface area (TPSA) is 77.5 Å². The Hall–Kier alpha value is -0.786. The van der Waals surface area contributed by atoms with Crippen LogP contribution < -0.4 is 0 Å². The van der Waals surface area contributed by atoms with E-state index >= 15 is 0 Å². The highest BCUT2D eigenvalue weighted by atomic mass is 28.4. The van der Waals surface area contributed by atoms with E-state index in [4.69, 9.17) is 18.3 Å². The molecular formula is C28H60N2O6Si2. The van der Waals surface area contributed by atoms with E-state index in [2.05, 4.69) is 41.5 Å². The third-order valence-electron chi connectivity index (χ3n) is 8.27. The monoisotopic (exact) mass is 576 g/mol. The van der Waals surface area contributed by atoms with Gasteiger partial charge in [0.05, 0.1) is 26.4 Å². The van der Waals surface area contributed by atoms with Gasteiger partial charge in [-0.2, -0.15) is 0 Å².